The lowest BCUT2D eigenvalue weighted by Gasteiger charge is -2.26. The Morgan fingerprint density at radius 2 is 1.90 bits per heavy atom. The Bertz CT molecular complexity index is 492. The van der Waals surface area contributed by atoms with Gasteiger partial charge in [0.15, 0.2) is 0 Å². The largest absolute Gasteiger partial charge is 0.481 e. The Morgan fingerprint density at radius 1 is 1.30 bits per heavy atom. The van der Waals surface area contributed by atoms with E-state index in [0.717, 1.165) is 5.56 Å². The highest BCUT2D eigenvalue weighted by atomic mass is 16.4. The van der Waals surface area contributed by atoms with Gasteiger partial charge in [0.1, 0.15) is 0 Å². The molecule has 5 nitrogen and oxygen atoms in total. The lowest BCUT2D eigenvalue weighted by atomic mass is 9.87. The molecule has 5 heteroatoms. The van der Waals surface area contributed by atoms with Crippen molar-refractivity contribution in [2.45, 2.75) is 39.7 Å². The fourth-order valence-corrected chi connectivity index (χ4v) is 1.71. The van der Waals surface area contributed by atoms with Crippen molar-refractivity contribution in [1.82, 2.24) is 0 Å². The summed E-state index contributed by atoms with van der Waals surface area (Å²) < 4.78 is 0. The highest BCUT2D eigenvalue weighted by Crippen LogP contribution is 2.21. The number of amides is 1. The molecule has 20 heavy (non-hydrogen) atoms. The molecule has 1 aromatic carbocycles. The van der Waals surface area contributed by atoms with Gasteiger partial charge in [-0.05, 0) is 23.5 Å². The molecule has 0 spiro atoms. The van der Waals surface area contributed by atoms with Crippen molar-refractivity contribution in [3.05, 3.63) is 29.8 Å². The Balaban J connectivity index is 2.82. The Morgan fingerprint density at radius 3 is 2.45 bits per heavy atom. The van der Waals surface area contributed by atoms with Crippen LogP contribution in [0.2, 0.25) is 0 Å². The second-order valence-corrected chi connectivity index (χ2v) is 5.88. The number of aryl methyl sites for hydroxylation is 1. The summed E-state index contributed by atoms with van der Waals surface area (Å²) in [6.45, 7) is 5.69. The number of hydrogen-bond acceptors (Lipinski definition) is 3. The smallest absolute Gasteiger partial charge is 0.303 e. The zero-order chi connectivity index (χ0) is 15.3. The van der Waals surface area contributed by atoms with E-state index in [0.29, 0.717) is 12.1 Å². The zero-order valence-corrected chi connectivity index (χ0v) is 12.1. The maximum absolute atomic E-state index is 12.1. The maximum atomic E-state index is 12.1. The SMILES string of the molecule is CC(C)(C)C(N)C(=O)Nc1ccccc1CCC(=O)O. The third-order valence-electron chi connectivity index (χ3n) is 3.10. The number of para-hydroxylation sites is 1. The summed E-state index contributed by atoms with van der Waals surface area (Å²) in [5, 5.41) is 11.5. The van der Waals surface area contributed by atoms with Gasteiger partial charge in [0.25, 0.3) is 0 Å². The van der Waals surface area contributed by atoms with Crippen LogP contribution >= 0.6 is 0 Å². The molecule has 0 fully saturated rings. The molecule has 4 N–H and O–H groups in total. The average Bonchev–Trinajstić information content (AvgIpc) is 2.35. The Labute approximate surface area is 119 Å². The molecule has 0 saturated carbocycles. The third-order valence-corrected chi connectivity index (χ3v) is 3.10. The topological polar surface area (TPSA) is 92.4 Å². The van der Waals surface area contributed by atoms with Crippen LogP contribution in [0.25, 0.3) is 0 Å². The summed E-state index contributed by atoms with van der Waals surface area (Å²) in [5.41, 5.74) is 6.99. The molecule has 1 aromatic rings. The standard InChI is InChI=1S/C15H22N2O3/c1-15(2,3)13(16)14(20)17-11-7-5-4-6-10(11)8-9-12(18)19/h4-7,13H,8-9,16H2,1-3H3,(H,17,20)(H,18,19). The number of carboxylic acids is 1. The van der Waals surface area contributed by atoms with E-state index in [2.05, 4.69) is 5.32 Å². The van der Waals surface area contributed by atoms with E-state index in [1.807, 2.05) is 26.8 Å². The molecule has 1 amide bonds. The number of carbonyl (C=O) groups is 2. The number of nitrogens with one attached hydrogen (secondary N) is 1. The van der Waals surface area contributed by atoms with Crippen molar-refractivity contribution < 1.29 is 14.7 Å². The second-order valence-electron chi connectivity index (χ2n) is 5.88. The molecule has 0 radical (unpaired) electrons. The van der Waals surface area contributed by atoms with Crippen molar-refractivity contribution in [1.29, 1.82) is 0 Å². The molecule has 0 aliphatic carbocycles. The highest BCUT2D eigenvalue weighted by molar-refractivity contribution is 5.95. The lowest BCUT2D eigenvalue weighted by molar-refractivity contribution is -0.137. The normalized spacial score (nSPS) is 12.8. The van der Waals surface area contributed by atoms with Gasteiger partial charge in [-0.2, -0.15) is 0 Å². The van der Waals surface area contributed by atoms with Crippen molar-refractivity contribution >= 4 is 17.6 Å². The van der Waals surface area contributed by atoms with E-state index in [4.69, 9.17) is 10.8 Å². The molecule has 0 aliphatic rings. The summed E-state index contributed by atoms with van der Waals surface area (Å²) in [4.78, 5) is 22.7. The summed E-state index contributed by atoms with van der Waals surface area (Å²) in [5.74, 6) is -1.13. The van der Waals surface area contributed by atoms with Crippen molar-refractivity contribution in [3.8, 4) is 0 Å². The maximum Gasteiger partial charge on any atom is 0.303 e. The van der Waals surface area contributed by atoms with Crippen LogP contribution in [-0.2, 0) is 16.0 Å². The third kappa shape index (κ3) is 4.66. The van der Waals surface area contributed by atoms with Gasteiger partial charge < -0.3 is 16.2 Å². The van der Waals surface area contributed by atoms with Gasteiger partial charge >= 0.3 is 5.97 Å². The van der Waals surface area contributed by atoms with Crippen LogP contribution in [0.4, 0.5) is 5.69 Å². The summed E-state index contributed by atoms with van der Waals surface area (Å²) in [6.07, 6.45) is 0.398. The first-order valence-corrected chi connectivity index (χ1v) is 6.58. The minimum absolute atomic E-state index is 0.0260. The molecule has 0 bridgehead atoms. The molecule has 110 valence electrons. The van der Waals surface area contributed by atoms with Crippen LogP contribution in [0.3, 0.4) is 0 Å². The fourth-order valence-electron chi connectivity index (χ4n) is 1.71. The molecule has 0 saturated heterocycles. The number of benzene rings is 1. The van der Waals surface area contributed by atoms with Gasteiger partial charge in [-0.1, -0.05) is 39.0 Å². The average molecular weight is 278 g/mol. The first-order valence-electron chi connectivity index (χ1n) is 6.58. The molecule has 1 rings (SSSR count). The van der Waals surface area contributed by atoms with E-state index >= 15 is 0 Å². The molecular formula is C15H22N2O3. The quantitative estimate of drug-likeness (QED) is 0.768. The summed E-state index contributed by atoms with van der Waals surface area (Å²) >= 11 is 0. The number of hydrogen-bond donors (Lipinski definition) is 3. The number of carboxylic acid groups (broad SMARTS) is 1. The zero-order valence-electron chi connectivity index (χ0n) is 12.1. The number of carbonyl (C=O) groups excluding carboxylic acids is 1. The van der Waals surface area contributed by atoms with E-state index in [-0.39, 0.29) is 17.7 Å². The first kappa shape index (κ1) is 16.2. The molecule has 0 aromatic heterocycles. The van der Waals surface area contributed by atoms with Crippen LogP contribution in [0.5, 0.6) is 0 Å². The van der Waals surface area contributed by atoms with Crippen LogP contribution in [0.15, 0.2) is 24.3 Å². The number of aliphatic carboxylic acids is 1. The van der Waals surface area contributed by atoms with Crippen molar-refractivity contribution in [3.63, 3.8) is 0 Å². The fraction of sp³-hybridized carbons (Fsp3) is 0.467. The monoisotopic (exact) mass is 278 g/mol. The van der Waals surface area contributed by atoms with Crippen LogP contribution < -0.4 is 11.1 Å². The van der Waals surface area contributed by atoms with Gasteiger partial charge in [0, 0.05) is 12.1 Å². The summed E-state index contributed by atoms with van der Waals surface area (Å²) in [7, 11) is 0. The molecular weight excluding hydrogens is 256 g/mol. The number of nitrogens with two attached hydrogens (primary N) is 1. The lowest BCUT2D eigenvalue weighted by Crippen LogP contribution is -2.45. The van der Waals surface area contributed by atoms with Crippen LogP contribution in [-0.4, -0.2) is 23.0 Å². The predicted octanol–water partition coefficient (Wildman–Crippen LogP) is 2.02. The molecule has 0 heterocycles. The van der Waals surface area contributed by atoms with E-state index < -0.39 is 12.0 Å². The van der Waals surface area contributed by atoms with E-state index in [1.54, 1.807) is 18.2 Å². The van der Waals surface area contributed by atoms with Crippen LogP contribution in [0.1, 0.15) is 32.8 Å². The van der Waals surface area contributed by atoms with E-state index in [1.165, 1.54) is 0 Å². The van der Waals surface area contributed by atoms with Crippen LogP contribution in [0, 0.1) is 5.41 Å². The Hall–Kier alpha value is -1.88. The van der Waals surface area contributed by atoms with Crippen molar-refractivity contribution in [2.24, 2.45) is 11.1 Å². The molecule has 1 unspecified atom stereocenters. The number of rotatable bonds is 5. The molecule has 1 atom stereocenters. The van der Waals surface area contributed by atoms with E-state index in [9.17, 15) is 9.59 Å². The van der Waals surface area contributed by atoms with Gasteiger partial charge in [-0.3, -0.25) is 9.59 Å². The second kappa shape index (κ2) is 6.52. The minimum Gasteiger partial charge on any atom is -0.481 e. The predicted molar refractivity (Wildman–Crippen MR) is 78.5 cm³/mol. The summed E-state index contributed by atoms with van der Waals surface area (Å²) in [6, 6.07) is 6.54. The number of anilines is 1. The van der Waals surface area contributed by atoms with Gasteiger partial charge in [-0.25, -0.2) is 0 Å². The highest BCUT2D eigenvalue weighted by Gasteiger charge is 2.27. The Kier molecular flexibility index (Phi) is 5.27. The minimum atomic E-state index is -0.863. The first-order chi connectivity index (χ1) is 9.21. The van der Waals surface area contributed by atoms with Gasteiger partial charge in [0.05, 0.1) is 6.04 Å². The van der Waals surface area contributed by atoms with Crippen molar-refractivity contribution in [2.75, 3.05) is 5.32 Å². The van der Waals surface area contributed by atoms with Gasteiger partial charge in [0.2, 0.25) is 5.91 Å². The molecule has 0 aliphatic heterocycles. The van der Waals surface area contributed by atoms with Gasteiger partial charge in [-0.15, -0.1) is 0 Å².